The van der Waals surface area contributed by atoms with Gasteiger partial charge in [-0.25, -0.2) is 0 Å². The van der Waals surface area contributed by atoms with Gasteiger partial charge in [0.1, 0.15) is 5.75 Å². The van der Waals surface area contributed by atoms with E-state index in [0.29, 0.717) is 17.3 Å². The van der Waals surface area contributed by atoms with Crippen LogP contribution < -0.4 is 9.64 Å². The summed E-state index contributed by atoms with van der Waals surface area (Å²) in [5.41, 5.74) is 2.77. The first-order valence-corrected chi connectivity index (χ1v) is 11.6. The lowest BCUT2D eigenvalue weighted by Gasteiger charge is -2.22. The quantitative estimate of drug-likeness (QED) is 0.430. The molecule has 0 spiro atoms. The van der Waals surface area contributed by atoms with Crippen molar-refractivity contribution in [3.05, 3.63) is 63.0 Å². The van der Waals surface area contributed by atoms with Crippen molar-refractivity contribution >= 4 is 50.6 Å². The Morgan fingerprint density at radius 3 is 2.40 bits per heavy atom. The molecule has 0 bridgehead atoms. The average Bonchev–Trinajstić information content (AvgIpc) is 3.00. The summed E-state index contributed by atoms with van der Waals surface area (Å²) in [5, 5.41) is -0.258. The fourth-order valence-electron chi connectivity index (χ4n) is 3.26. The topological polar surface area (TPSA) is 49.9 Å². The molecule has 0 aromatic heterocycles. The predicted octanol–water partition coefficient (Wildman–Crippen LogP) is 5.93. The van der Waals surface area contributed by atoms with Gasteiger partial charge in [0.25, 0.3) is 11.1 Å². The van der Waals surface area contributed by atoms with Crippen molar-refractivity contribution in [2.75, 3.05) is 24.6 Å². The molecule has 1 aliphatic heterocycles. The summed E-state index contributed by atoms with van der Waals surface area (Å²) in [4.78, 5) is 29.3. The lowest BCUT2D eigenvalue weighted by Crippen LogP contribution is -2.27. The van der Waals surface area contributed by atoms with Gasteiger partial charge < -0.3 is 9.64 Å². The number of ether oxygens (including phenoxy) is 1. The summed E-state index contributed by atoms with van der Waals surface area (Å²) in [6.07, 6.45) is 1.75. The Morgan fingerprint density at radius 1 is 1.07 bits per heavy atom. The first-order valence-electron chi connectivity index (χ1n) is 9.98. The summed E-state index contributed by atoms with van der Waals surface area (Å²) in [5.74, 6) is 0.435. The van der Waals surface area contributed by atoms with Gasteiger partial charge in [-0.05, 0) is 68.4 Å². The van der Waals surface area contributed by atoms with Crippen molar-refractivity contribution in [3.63, 3.8) is 0 Å². The highest BCUT2D eigenvalue weighted by Gasteiger charge is 2.35. The van der Waals surface area contributed by atoms with E-state index in [0.717, 1.165) is 46.1 Å². The molecule has 3 rings (SSSR count). The van der Waals surface area contributed by atoms with Crippen LogP contribution in [-0.2, 0) is 11.3 Å². The predicted molar refractivity (Wildman–Crippen MR) is 127 cm³/mol. The fraction of sp³-hybridized carbons (Fsp3) is 0.304. The van der Waals surface area contributed by atoms with E-state index in [1.165, 1.54) is 4.90 Å². The number of thioether (sulfide) groups is 1. The van der Waals surface area contributed by atoms with Crippen LogP contribution in [0, 0.1) is 0 Å². The van der Waals surface area contributed by atoms with Crippen LogP contribution in [0.4, 0.5) is 10.5 Å². The first-order chi connectivity index (χ1) is 14.5. The highest BCUT2D eigenvalue weighted by atomic mass is 79.9. The van der Waals surface area contributed by atoms with Crippen molar-refractivity contribution in [3.8, 4) is 5.75 Å². The van der Waals surface area contributed by atoms with Gasteiger partial charge in [0.05, 0.1) is 18.1 Å². The van der Waals surface area contributed by atoms with E-state index in [9.17, 15) is 9.59 Å². The summed E-state index contributed by atoms with van der Waals surface area (Å²) in [6, 6.07) is 13.6. The Labute approximate surface area is 190 Å². The van der Waals surface area contributed by atoms with Gasteiger partial charge in [0, 0.05) is 34.9 Å². The number of anilines is 1. The molecular weight excluding hydrogens is 464 g/mol. The van der Waals surface area contributed by atoms with Crippen LogP contribution in [-0.4, -0.2) is 35.7 Å². The van der Waals surface area contributed by atoms with Gasteiger partial charge in [0.2, 0.25) is 0 Å². The highest BCUT2D eigenvalue weighted by Crippen LogP contribution is 2.36. The van der Waals surface area contributed by atoms with Crippen molar-refractivity contribution in [2.24, 2.45) is 0 Å². The van der Waals surface area contributed by atoms with Crippen molar-refractivity contribution in [2.45, 2.75) is 27.3 Å². The molecule has 1 heterocycles. The molecule has 2 aromatic carbocycles. The van der Waals surface area contributed by atoms with Crippen LogP contribution in [0.15, 0.2) is 51.8 Å². The molecule has 1 saturated heterocycles. The standard InChI is InChI=1S/C23H25BrN2O3S/c1-4-25(5-2)19-12-9-17(20(14-19)29-6-3)13-21-22(27)26(23(28)30-21)15-16-7-10-18(24)11-8-16/h7-14H,4-6,15H2,1-3H3/b21-13-. The number of halogens is 1. The van der Waals surface area contributed by atoms with Gasteiger partial charge in [-0.1, -0.05) is 28.1 Å². The van der Waals surface area contributed by atoms with E-state index in [2.05, 4.69) is 34.7 Å². The molecule has 5 nitrogen and oxygen atoms in total. The third-order valence-corrected chi connectivity index (χ3v) is 6.28. The molecular formula is C23H25BrN2O3S. The van der Waals surface area contributed by atoms with E-state index >= 15 is 0 Å². The van der Waals surface area contributed by atoms with E-state index in [1.54, 1.807) is 6.08 Å². The average molecular weight is 489 g/mol. The van der Waals surface area contributed by atoms with Gasteiger partial charge in [-0.2, -0.15) is 0 Å². The first kappa shape index (κ1) is 22.4. The smallest absolute Gasteiger partial charge is 0.293 e. The van der Waals surface area contributed by atoms with Gasteiger partial charge in [-0.3, -0.25) is 14.5 Å². The molecule has 0 unspecified atom stereocenters. The van der Waals surface area contributed by atoms with Crippen molar-refractivity contribution < 1.29 is 14.3 Å². The van der Waals surface area contributed by atoms with Crippen LogP contribution in [0.3, 0.4) is 0 Å². The Balaban J connectivity index is 1.86. The second-order valence-corrected chi connectivity index (χ2v) is 8.63. The number of nitrogens with zero attached hydrogens (tertiary/aromatic N) is 2. The van der Waals surface area contributed by atoms with Crippen LogP contribution in [0.2, 0.25) is 0 Å². The SMILES string of the molecule is CCOc1cc(N(CC)CC)ccc1/C=C1\SC(=O)N(Cc2ccc(Br)cc2)C1=O. The minimum Gasteiger partial charge on any atom is -0.493 e. The van der Waals surface area contributed by atoms with Gasteiger partial charge in [-0.15, -0.1) is 0 Å². The number of hydrogen-bond acceptors (Lipinski definition) is 5. The van der Waals surface area contributed by atoms with E-state index in [4.69, 9.17) is 4.74 Å². The Hall–Kier alpha value is -2.25. The monoisotopic (exact) mass is 488 g/mol. The third-order valence-electron chi connectivity index (χ3n) is 4.84. The van der Waals surface area contributed by atoms with E-state index in [-0.39, 0.29) is 17.7 Å². The number of carbonyl (C=O) groups is 2. The maximum Gasteiger partial charge on any atom is 0.293 e. The maximum absolute atomic E-state index is 12.9. The molecule has 0 atom stereocenters. The van der Waals surface area contributed by atoms with Crippen molar-refractivity contribution in [1.29, 1.82) is 0 Å². The van der Waals surface area contributed by atoms with Crippen LogP contribution >= 0.6 is 27.7 Å². The lowest BCUT2D eigenvalue weighted by molar-refractivity contribution is -0.123. The zero-order valence-corrected chi connectivity index (χ0v) is 19.8. The molecule has 0 aliphatic carbocycles. The zero-order chi connectivity index (χ0) is 21.7. The van der Waals surface area contributed by atoms with Gasteiger partial charge in [0.15, 0.2) is 0 Å². The number of amides is 2. The second kappa shape index (κ2) is 10.2. The number of benzene rings is 2. The number of carbonyl (C=O) groups excluding carboxylic acids is 2. The molecule has 0 N–H and O–H groups in total. The Morgan fingerprint density at radius 2 is 1.77 bits per heavy atom. The zero-order valence-electron chi connectivity index (χ0n) is 17.4. The molecule has 0 saturated carbocycles. The fourth-order valence-corrected chi connectivity index (χ4v) is 4.35. The molecule has 1 aliphatic rings. The van der Waals surface area contributed by atoms with Gasteiger partial charge >= 0.3 is 0 Å². The largest absolute Gasteiger partial charge is 0.493 e. The molecule has 1 fully saturated rings. The molecule has 7 heteroatoms. The third kappa shape index (κ3) is 5.08. The van der Waals surface area contributed by atoms with Crippen LogP contribution in [0.1, 0.15) is 31.9 Å². The summed E-state index contributed by atoms with van der Waals surface area (Å²) in [7, 11) is 0. The molecule has 0 radical (unpaired) electrons. The number of imide groups is 1. The molecule has 2 amide bonds. The van der Waals surface area contributed by atoms with Crippen LogP contribution in [0.5, 0.6) is 5.75 Å². The summed E-state index contributed by atoms with van der Waals surface area (Å²) < 4.78 is 6.78. The minimum atomic E-state index is -0.275. The second-order valence-electron chi connectivity index (χ2n) is 6.72. The highest BCUT2D eigenvalue weighted by molar-refractivity contribution is 9.10. The van der Waals surface area contributed by atoms with E-state index in [1.807, 2.05) is 49.4 Å². The molecule has 30 heavy (non-hydrogen) atoms. The lowest BCUT2D eigenvalue weighted by atomic mass is 10.1. The maximum atomic E-state index is 12.9. The molecule has 158 valence electrons. The molecule has 2 aromatic rings. The summed E-state index contributed by atoms with van der Waals surface area (Å²) in [6.45, 7) is 8.73. The Kier molecular flexibility index (Phi) is 7.61. The number of rotatable bonds is 8. The Bertz CT molecular complexity index is 955. The normalized spacial score (nSPS) is 15.2. The van der Waals surface area contributed by atoms with E-state index < -0.39 is 0 Å². The summed E-state index contributed by atoms with van der Waals surface area (Å²) >= 11 is 4.36. The number of hydrogen-bond donors (Lipinski definition) is 0. The van der Waals surface area contributed by atoms with Crippen LogP contribution in [0.25, 0.3) is 6.08 Å². The van der Waals surface area contributed by atoms with Crippen molar-refractivity contribution in [1.82, 2.24) is 4.90 Å². The minimum absolute atomic E-state index is 0.258.